The van der Waals surface area contributed by atoms with Crippen molar-refractivity contribution in [1.29, 1.82) is 0 Å². The van der Waals surface area contributed by atoms with Crippen molar-refractivity contribution in [1.82, 2.24) is 15.6 Å². The van der Waals surface area contributed by atoms with E-state index in [2.05, 4.69) is 93.4 Å². The van der Waals surface area contributed by atoms with Crippen LogP contribution < -0.4 is 15.8 Å². The first kappa shape index (κ1) is 22.8. The van der Waals surface area contributed by atoms with Crippen LogP contribution in [-0.4, -0.2) is 43.4 Å². The topological polar surface area (TPSA) is 60.0 Å². The van der Waals surface area contributed by atoms with Gasteiger partial charge in [-0.2, -0.15) is 0 Å². The fourth-order valence-electron chi connectivity index (χ4n) is 5.97. The summed E-state index contributed by atoms with van der Waals surface area (Å²) < 4.78 is 0. The number of anilines is 1. The molecule has 0 bridgehead atoms. The zero-order chi connectivity index (χ0) is 24.6. The van der Waals surface area contributed by atoms with Crippen molar-refractivity contribution < 1.29 is 4.79 Å². The molecule has 1 saturated carbocycles. The average Bonchev–Trinajstić information content (AvgIpc) is 3.22. The number of para-hydroxylation sites is 1. The normalized spacial score (nSPS) is 20.7. The molecular formula is C30H33N5O. The number of hydrogen-bond acceptors (Lipinski definition) is 5. The number of nitrogens with one attached hydrogen (secondary N) is 2. The van der Waals surface area contributed by atoms with Gasteiger partial charge >= 0.3 is 0 Å². The van der Waals surface area contributed by atoms with Crippen molar-refractivity contribution in [2.75, 3.05) is 25.8 Å². The Bertz CT molecular complexity index is 1260. The molecule has 2 aliphatic carbocycles. The van der Waals surface area contributed by atoms with Crippen molar-refractivity contribution in [3.05, 3.63) is 89.5 Å². The zero-order valence-corrected chi connectivity index (χ0v) is 20.9. The van der Waals surface area contributed by atoms with E-state index in [0.29, 0.717) is 12.7 Å². The van der Waals surface area contributed by atoms with Crippen LogP contribution in [0.15, 0.2) is 77.8 Å². The maximum absolute atomic E-state index is 13.4. The molecule has 0 atom stereocenters. The van der Waals surface area contributed by atoms with Crippen LogP contribution in [-0.2, 0) is 4.79 Å². The highest BCUT2D eigenvalue weighted by Crippen LogP contribution is 2.43. The Balaban J connectivity index is 1.09. The van der Waals surface area contributed by atoms with Gasteiger partial charge in [-0.15, -0.1) is 0 Å². The summed E-state index contributed by atoms with van der Waals surface area (Å²) in [7, 11) is 4.07. The highest BCUT2D eigenvalue weighted by Gasteiger charge is 2.33. The Morgan fingerprint density at radius 1 is 0.833 bits per heavy atom. The number of nitrogens with zero attached hydrogens (tertiary/aromatic N) is 3. The molecule has 2 N–H and O–H groups in total. The number of benzene rings is 3. The first-order valence-electron chi connectivity index (χ1n) is 12.9. The summed E-state index contributed by atoms with van der Waals surface area (Å²) in [6, 6.07) is 25.5. The van der Waals surface area contributed by atoms with Gasteiger partial charge in [-0.05, 0) is 60.1 Å². The van der Waals surface area contributed by atoms with Gasteiger partial charge in [-0.25, -0.2) is 10.4 Å². The summed E-state index contributed by atoms with van der Waals surface area (Å²) in [5, 5.41) is 5.56. The summed E-state index contributed by atoms with van der Waals surface area (Å²) >= 11 is 0. The van der Waals surface area contributed by atoms with Crippen LogP contribution in [0.25, 0.3) is 11.1 Å². The number of rotatable bonds is 4. The third-order valence-corrected chi connectivity index (χ3v) is 7.78. The maximum Gasteiger partial charge on any atom is 0.223 e. The van der Waals surface area contributed by atoms with Crippen LogP contribution in [0.2, 0.25) is 0 Å². The Morgan fingerprint density at radius 3 is 2.06 bits per heavy atom. The summed E-state index contributed by atoms with van der Waals surface area (Å²) in [5.74, 6) is 1.24. The fourth-order valence-corrected chi connectivity index (χ4v) is 5.97. The van der Waals surface area contributed by atoms with Crippen LogP contribution in [0.1, 0.15) is 48.4 Å². The van der Waals surface area contributed by atoms with E-state index in [9.17, 15) is 4.79 Å². The smallest absolute Gasteiger partial charge is 0.223 e. The largest absolute Gasteiger partial charge is 0.362 e. The maximum atomic E-state index is 13.4. The lowest BCUT2D eigenvalue weighted by molar-refractivity contribution is -0.126. The second kappa shape index (κ2) is 9.43. The molecule has 0 aromatic heterocycles. The lowest BCUT2D eigenvalue weighted by Crippen LogP contribution is -2.50. The molecule has 3 aliphatic rings. The van der Waals surface area contributed by atoms with E-state index in [1.807, 2.05) is 14.1 Å². The van der Waals surface area contributed by atoms with Crippen molar-refractivity contribution in [3.8, 4) is 11.1 Å². The van der Waals surface area contributed by atoms with Crippen LogP contribution in [0, 0.1) is 5.92 Å². The molecule has 1 fully saturated rings. The minimum absolute atomic E-state index is 0.0509. The predicted octanol–water partition coefficient (Wildman–Crippen LogP) is 4.72. The van der Waals surface area contributed by atoms with E-state index in [-0.39, 0.29) is 17.9 Å². The number of amides is 1. The molecule has 1 heterocycles. The molecule has 6 nitrogen and oxygen atoms in total. The quantitative estimate of drug-likeness (QED) is 0.568. The highest BCUT2D eigenvalue weighted by atomic mass is 16.1. The van der Waals surface area contributed by atoms with E-state index < -0.39 is 0 Å². The molecule has 36 heavy (non-hydrogen) atoms. The average molecular weight is 480 g/mol. The summed E-state index contributed by atoms with van der Waals surface area (Å²) in [6.45, 7) is 0.589. The highest BCUT2D eigenvalue weighted by molar-refractivity contribution is 6.04. The third kappa shape index (κ3) is 4.05. The SMILES string of the molecule is CN(C)C1=NCN(NC2CCC(C(=O)NC3c4ccccc4-c4ccccc43)CC2)c2ccccc21. The van der Waals surface area contributed by atoms with E-state index in [1.54, 1.807) is 0 Å². The summed E-state index contributed by atoms with van der Waals surface area (Å²) in [5.41, 5.74) is 10.9. The molecule has 0 saturated heterocycles. The van der Waals surface area contributed by atoms with Crippen molar-refractivity contribution in [3.63, 3.8) is 0 Å². The van der Waals surface area contributed by atoms with Gasteiger partial charge in [-0.3, -0.25) is 9.80 Å². The molecular weight excluding hydrogens is 446 g/mol. The number of carbonyl (C=O) groups is 1. The van der Waals surface area contributed by atoms with Crippen molar-refractivity contribution in [2.24, 2.45) is 10.9 Å². The number of hydrazine groups is 1. The van der Waals surface area contributed by atoms with Gasteiger partial charge in [0.25, 0.3) is 0 Å². The standard InChI is InChI=1S/C30H33N5O/c1-34(2)29-26-13-7-8-14-27(26)35(19-31-29)33-21-17-15-20(16-18-21)30(36)32-28-24-11-5-3-9-22(24)23-10-4-6-12-25(23)28/h3-14,20-21,28,33H,15-19H2,1-2H3,(H,32,36). The lowest BCUT2D eigenvalue weighted by atomic mass is 9.85. The molecule has 0 radical (unpaired) electrons. The van der Waals surface area contributed by atoms with Gasteiger partial charge in [0.05, 0.1) is 11.7 Å². The Morgan fingerprint density at radius 2 is 1.42 bits per heavy atom. The van der Waals surface area contributed by atoms with Crippen LogP contribution in [0.3, 0.4) is 0 Å². The number of amidine groups is 1. The molecule has 0 unspecified atom stereocenters. The van der Waals surface area contributed by atoms with Gasteiger partial charge in [-0.1, -0.05) is 60.7 Å². The molecule has 6 heteroatoms. The minimum Gasteiger partial charge on any atom is -0.362 e. The Labute approximate surface area is 213 Å². The summed E-state index contributed by atoms with van der Waals surface area (Å²) in [4.78, 5) is 20.2. The predicted molar refractivity (Wildman–Crippen MR) is 145 cm³/mol. The second-order valence-corrected chi connectivity index (χ2v) is 10.3. The number of aliphatic imine (C=N–C) groups is 1. The second-order valence-electron chi connectivity index (χ2n) is 10.3. The monoisotopic (exact) mass is 479 g/mol. The van der Waals surface area contributed by atoms with E-state index in [4.69, 9.17) is 4.99 Å². The van der Waals surface area contributed by atoms with E-state index >= 15 is 0 Å². The first-order valence-corrected chi connectivity index (χ1v) is 12.9. The van der Waals surface area contributed by atoms with Crippen molar-refractivity contribution >= 4 is 17.4 Å². The third-order valence-electron chi connectivity index (χ3n) is 7.78. The van der Waals surface area contributed by atoms with Gasteiger partial charge in [0, 0.05) is 31.6 Å². The van der Waals surface area contributed by atoms with Gasteiger partial charge in [0.15, 0.2) is 0 Å². The van der Waals surface area contributed by atoms with E-state index in [0.717, 1.165) is 42.8 Å². The van der Waals surface area contributed by atoms with Gasteiger partial charge in [0.1, 0.15) is 12.5 Å². The van der Waals surface area contributed by atoms with E-state index in [1.165, 1.54) is 22.3 Å². The molecule has 184 valence electrons. The fraction of sp³-hybridized carbons (Fsp3) is 0.333. The molecule has 1 aliphatic heterocycles. The Hall–Kier alpha value is -3.64. The number of carbonyl (C=O) groups excluding carboxylic acids is 1. The molecule has 3 aromatic rings. The molecule has 1 amide bonds. The zero-order valence-electron chi connectivity index (χ0n) is 20.9. The molecule has 6 rings (SSSR count). The van der Waals surface area contributed by atoms with Gasteiger partial charge < -0.3 is 10.2 Å². The van der Waals surface area contributed by atoms with Crippen LogP contribution in [0.4, 0.5) is 5.69 Å². The number of fused-ring (bicyclic) bond motifs is 4. The van der Waals surface area contributed by atoms with Crippen LogP contribution >= 0.6 is 0 Å². The Kier molecular flexibility index (Phi) is 5.97. The van der Waals surface area contributed by atoms with Crippen molar-refractivity contribution in [2.45, 2.75) is 37.8 Å². The molecule has 3 aromatic carbocycles. The number of hydrogen-bond donors (Lipinski definition) is 2. The molecule has 0 spiro atoms. The van der Waals surface area contributed by atoms with Gasteiger partial charge in [0.2, 0.25) is 5.91 Å². The minimum atomic E-state index is -0.0608. The first-order chi connectivity index (χ1) is 17.6. The summed E-state index contributed by atoms with van der Waals surface area (Å²) in [6.07, 6.45) is 3.72. The van der Waals surface area contributed by atoms with Crippen LogP contribution in [0.5, 0.6) is 0 Å². The lowest BCUT2D eigenvalue weighted by Gasteiger charge is -2.37.